The standard InChI is InChI=1S/C22H27N3O2/c1-19(26)25(13-12-20-8-4-2-5-9-20)18-22(27)24-16-14-23(15-17-24)21-10-6-3-7-11-21/h2-11H,12-18H2,1H3. The molecule has 0 radical (unpaired) electrons. The van der Waals surface area contributed by atoms with Crippen molar-refractivity contribution in [3.05, 3.63) is 66.2 Å². The molecular weight excluding hydrogens is 338 g/mol. The molecule has 0 atom stereocenters. The van der Waals surface area contributed by atoms with Crippen molar-refractivity contribution in [1.29, 1.82) is 0 Å². The molecule has 3 rings (SSSR count). The Morgan fingerprint density at radius 3 is 2.07 bits per heavy atom. The van der Waals surface area contributed by atoms with E-state index in [1.54, 1.807) is 4.90 Å². The Morgan fingerprint density at radius 1 is 0.889 bits per heavy atom. The first-order valence-corrected chi connectivity index (χ1v) is 9.50. The van der Waals surface area contributed by atoms with E-state index in [9.17, 15) is 9.59 Å². The molecule has 5 nitrogen and oxygen atoms in total. The molecule has 142 valence electrons. The zero-order valence-corrected chi connectivity index (χ0v) is 15.9. The molecule has 1 fully saturated rings. The van der Waals surface area contributed by atoms with Gasteiger partial charge in [-0.15, -0.1) is 0 Å². The summed E-state index contributed by atoms with van der Waals surface area (Å²) in [7, 11) is 0. The lowest BCUT2D eigenvalue weighted by Crippen LogP contribution is -2.52. The molecule has 1 aliphatic heterocycles. The third-order valence-electron chi connectivity index (χ3n) is 5.04. The Bertz CT molecular complexity index is 741. The van der Waals surface area contributed by atoms with Crippen LogP contribution in [0.3, 0.4) is 0 Å². The molecule has 0 N–H and O–H groups in total. The summed E-state index contributed by atoms with van der Waals surface area (Å²) in [5.41, 5.74) is 2.37. The highest BCUT2D eigenvalue weighted by atomic mass is 16.2. The maximum atomic E-state index is 12.7. The Balaban J connectivity index is 1.50. The van der Waals surface area contributed by atoms with Gasteiger partial charge in [-0.05, 0) is 24.1 Å². The first kappa shape index (κ1) is 19.0. The maximum absolute atomic E-state index is 12.7. The molecule has 0 spiro atoms. The molecule has 1 aliphatic rings. The lowest BCUT2D eigenvalue weighted by atomic mass is 10.1. The molecule has 2 amide bonds. The lowest BCUT2D eigenvalue weighted by molar-refractivity contribution is -0.139. The highest BCUT2D eigenvalue weighted by Gasteiger charge is 2.23. The predicted octanol–water partition coefficient (Wildman–Crippen LogP) is 2.43. The van der Waals surface area contributed by atoms with Gasteiger partial charge in [-0.25, -0.2) is 0 Å². The fourth-order valence-corrected chi connectivity index (χ4v) is 3.37. The molecule has 2 aromatic rings. The van der Waals surface area contributed by atoms with Gasteiger partial charge in [0.2, 0.25) is 11.8 Å². The fraction of sp³-hybridized carbons (Fsp3) is 0.364. The molecule has 0 bridgehead atoms. The zero-order chi connectivity index (χ0) is 19.1. The molecule has 27 heavy (non-hydrogen) atoms. The second-order valence-electron chi connectivity index (χ2n) is 6.88. The smallest absolute Gasteiger partial charge is 0.242 e. The molecule has 0 aromatic heterocycles. The molecular formula is C22H27N3O2. The van der Waals surface area contributed by atoms with Crippen LogP contribution in [0, 0.1) is 0 Å². The number of piperazine rings is 1. The third kappa shape index (κ3) is 5.33. The predicted molar refractivity (Wildman–Crippen MR) is 108 cm³/mol. The molecule has 1 heterocycles. The number of amides is 2. The van der Waals surface area contributed by atoms with E-state index >= 15 is 0 Å². The summed E-state index contributed by atoms with van der Waals surface area (Å²) < 4.78 is 0. The number of rotatable bonds is 6. The van der Waals surface area contributed by atoms with Crippen LogP contribution < -0.4 is 4.90 Å². The van der Waals surface area contributed by atoms with Crippen molar-refractivity contribution in [2.45, 2.75) is 13.3 Å². The van der Waals surface area contributed by atoms with Crippen LogP contribution in [0.15, 0.2) is 60.7 Å². The topological polar surface area (TPSA) is 43.9 Å². The average molecular weight is 365 g/mol. The third-order valence-corrected chi connectivity index (χ3v) is 5.04. The van der Waals surface area contributed by atoms with Gasteiger partial charge in [0.05, 0.1) is 6.54 Å². The number of para-hydroxylation sites is 1. The number of anilines is 1. The van der Waals surface area contributed by atoms with E-state index in [-0.39, 0.29) is 18.4 Å². The normalized spacial score (nSPS) is 14.1. The number of nitrogens with zero attached hydrogens (tertiary/aromatic N) is 3. The molecule has 1 saturated heterocycles. The molecule has 5 heteroatoms. The van der Waals surface area contributed by atoms with Crippen LogP contribution in [0.2, 0.25) is 0 Å². The van der Waals surface area contributed by atoms with Gasteiger partial charge in [0.15, 0.2) is 0 Å². The largest absolute Gasteiger partial charge is 0.368 e. The molecule has 0 aliphatic carbocycles. The van der Waals surface area contributed by atoms with Crippen LogP contribution in [0.4, 0.5) is 5.69 Å². The van der Waals surface area contributed by atoms with Gasteiger partial charge in [0, 0.05) is 45.3 Å². The van der Waals surface area contributed by atoms with Crippen LogP contribution >= 0.6 is 0 Å². The van der Waals surface area contributed by atoms with Crippen LogP contribution in [0.5, 0.6) is 0 Å². The first-order valence-electron chi connectivity index (χ1n) is 9.50. The van der Waals surface area contributed by atoms with Gasteiger partial charge in [0.1, 0.15) is 0 Å². The van der Waals surface area contributed by atoms with Crippen molar-refractivity contribution in [3.8, 4) is 0 Å². The number of benzene rings is 2. The van der Waals surface area contributed by atoms with Crippen LogP contribution in [-0.4, -0.2) is 60.9 Å². The average Bonchev–Trinajstić information content (AvgIpc) is 2.72. The van der Waals surface area contributed by atoms with Crippen molar-refractivity contribution < 1.29 is 9.59 Å². The van der Waals surface area contributed by atoms with E-state index < -0.39 is 0 Å². The van der Waals surface area contributed by atoms with Gasteiger partial charge in [-0.3, -0.25) is 9.59 Å². The minimum Gasteiger partial charge on any atom is -0.368 e. The van der Waals surface area contributed by atoms with Gasteiger partial charge in [-0.2, -0.15) is 0 Å². The van der Waals surface area contributed by atoms with Gasteiger partial charge < -0.3 is 14.7 Å². The Labute approximate surface area is 161 Å². The van der Waals surface area contributed by atoms with E-state index in [2.05, 4.69) is 17.0 Å². The van der Waals surface area contributed by atoms with E-state index in [0.717, 1.165) is 19.5 Å². The summed E-state index contributed by atoms with van der Waals surface area (Å²) in [6.07, 6.45) is 0.759. The quantitative estimate of drug-likeness (QED) is 0.790. The van der Waals surface area contributed by atoms with Gasteiger partial charge >= 0.3 is 0 Å². The van der Waals surface area contributed by atoms with E-state index in [0.29, 0.717) is 19.6 Å². The summed E-state index contributed by atoms with van der Waals surface area (Å²) in [5, 5.41) is 0. The minimum absolute atomic E-state index is 0.0333. The van der Waals surface area contributed by atoms with E-state index in [1.165, 1.54) is 18.2 Å². The second kappa shape index (κ2) is 9.21. The fourth-order valence-electron chi connectivity index (χ4n) is 3.37. The summed E-state index contributed by atoms with van der Waals surface area (Å²) in [4.78, 5) is 30.5. The van der Waals surface area contributed by atoms with Crippen LogP contribution in [-0.2, 0) is 16.0 Å². The second-order valence-corrected chi connectivity index (χ2v) is 6.88. The van der Waals surface area contributed by atoms with Crippen LogP contribution in [0.25, 0.3) is 0 Å². The van der Waals surface area contributed by atoms with Gasteiger partial charge in [-0.1, -0.05) is 48.5 Å². The number of hydrogen-bond acceptors (Lipinski definition) is 3. The van der Waals surface area contributed by atoms with E-state index in [1.807, 2.05) is 53.4 Å². The van der Waals surface area contributed by atoms with Crippen molar-refractivity contribution in [1.82, 2.24) is 9.80 Å². The number of carbonyl (C=O) groups excluding carboxylic acids is 2. The van der Waals surface area contributed by atoms with Gasteiger partial charge in [0.25, 0.3) is 0 Å². The van der Waals surface area contributed by atoms with Crippen molar-refractivity contribution in [3.63, 3.8) is 0 Å². The molecule has 2 aromatic carbocycles. The van der Waals surface area contributed by atoms with Crippen molar-refractivity contribution in [2.75, 3.05) is 44.2 Å². The highest BCUT2D eigenvalue weighted by molar-refractivity contribution is 5.84. The summed E-state index contributed by atoms with van der Waals surface area (Å²) in [5.74, 6) is -0.0202. The molecule has 0 saturated carbocycles. The molecule has 0 unspecified atom stereocenters. The Morgan fingerprint density at radius 2 is 1.48 bits per heavy atom. The summed E-state index contributed by atoms with van der Waals surface area (Å²) in [6, 6.07) is 20.3. The summed E-state index contributed by atoms with van der Waals surface area (Å²) >= 11 is 0. The minimum atomic E-state index is -0.0535. The number of hydrogen-bond donors (Lipinski definition) is 0. The SMILES string of the molecule is CC(=O)N(CCc1ccccc1)CC(=O)N1CCN(c2ccccc2)CC1. The monoisotopic (exact) mass is 365 g/mol. The number of carbonyl (C=O) groups is 2. The maximum Gasteiger partial charge on any atom is 0.242 e. The Hall–Kier alpha value is -2.82. The lowest BCUT2D eigenvalue weighted by Gasteiger charge is -2.37. The van der Waals surface area contributed by atoms with E-state index in [4.69, 9.17) is 0 Å². The van der Waals surface area contributed by atoms with Crippen molar-refractivity contribution >= 4 is 17.5 Å². The Kier molecular flexibility index (Phi) is 6.47. The van der Waals surface area contributed by atoms with Crippen molar-refractivity contribution in [2.24, 2.45) is 0 Å². The first-order chi connectivity index (χ1) is 13.1. The zero-order valence-electron chi connectivity index (χ0n) is 15.9. The summed E-state index contributed by atoms with van der Waals surface area (Å²) in [6.45, 7) is 5.28. The highest BCUT2D eigenvalue weighted by Crippen LogP contribution is 2.15. The van der Waals surface area contributed by atoms with Crippen LogP contribution in [0.1, 0.15) is 12.5 Å².